The zero-order valence-corrected chi connectivity index (χ0v) is 14.0. The number of carbonyl (C=O) groups is 1. The van der Waals surface area contributed by atoms with E-state index in [1.165, 1.54) is 17.4 Å². The quantitative estimate of drug-likeness (QED) is 0.740. The standard InChI is InChI=1S/C19H16FNO2S/c1-11-17-13(20)6-4-8-16(17)24-18(11)19(22)21-14-9-10-23-15-7-3-2-5-12(14)15/h2-8,14H,9-10H2,1H3,(H,21,22)/t14-/m1/s1. The van der Waals surface area contributed by atoms with Gasteiger partial charge < -0.3 is 10.1 Å². The Bertz CT molecular complexity index is 934. The van der Waals surface area contributed by atoms with Crippen molar-refractivity contribution in [1.82, 2.24) is 5.32 Å². The summed E-state index contributed by atoms with van der Waals surface area (Å²) >= 11 is 1.33. The first-order valence-electron chi connectivity index (χ1n) is 7.85. The summed E-state index contributed by atoms with van der Waals surface area (Å²) in [5.74, 6) is 0.375. The Hall–Kier alpha value is -2.40. The molecule has 0 radical (unpaired) electrons. The van der Waals surface area contributed by atoms with E-state index in [1.807, 2.05) is 30.3 Å². The molecule has 24 heavy (non-hydrogen) atoms. The zero-order chi connectivity index (χ0) is 16.7. The largest absolute Gasteiger partial charge is 0.493 e. The summed E-state index contributed by atoms with van der Waals surface area (Å²) in [5.41, 5.74) is 1.69. The lowest BCUT2D eigenvalue weighted by atomic mass is 10.0. The van der Waals surface area contributed by atoms with Crippen LogP contribution in [-0.4, -0.2) is 12.5 Å². The van der Waals surface area contributed by atoms with Gasteiger partial charge in [0.2, 0.25) is 0 Å². The van der Waals surface area contributed by atoms with Crippen LogP contribution in [0.5, 0.6) is 5.75 Å². The number of benzene rings is 2. The minimum atomic E-state index is -0.281. The van der Waals surface area contributed by atoms with Crippen molar-refractivity contribution in [3.8, 4) is 5.75 Å². The van der Waals surface area contributed by atoms with Gasteiger partial charge in [-0.25, -0.2) is 4.39 Å². The normalized spacial score (nSPS) is 16.5. The molecule has 4 rings (SSSR count). The molecule has 0 spiro atoms. The molecule has 0 bridgehead atoms. The first-order chi connectivity index (χ1) is 11.6. The Kier molecular flexibility index (Phi) is 3.73. The van der Waals surface area contributed by atoms with E-state index in [4.69, 9.17) is 4.74 Å². The molecule has 1 aliphatic rings. The van der Waals surface area contributed by atoms with Gasteiger partial charge >= 0.3 is 0 Å². The average molecular weight is 341 g/mol. The monoisotopic (exact) mass is 341 g/mol. The molecule has 1 N–H and O–H groups in total. The SMILES string of the molecule is Cc1c(C(=O)N[C@@H]2CCOc3ccccc32)sc2cccc(F)c12. The highest BCUT2D eigenvalue weighted by Gasteiger charge is 2.25. The van der Waals surface area contributed by atoms with Gasteiger partial charge in [0.05, 0.1) is 17.5 Å². The van der Waals surface area contributed by atoms with Crippen molar-refractivity contribution in [1.29, 1.82) is 0 Å². The fourth-order valence-electron chi connectivity index (χ4n) is 3.19. The Morgan fingerprint density at radius 3 is 2.92 bits per heavy atom. The third kappa shape index (κ3) is 2.45. The zero-order valence-electron chi connectivity index (χ0n) is 13.1. The summed E-state index contributed by atoms with van der Waals surface area (Å²) in [7, 11) is 0. The molecular formula is C19H16FNO2S. The second kappa shape index (κ2) is 5.91. The molecule has 2 heterocycles. The number of hydrogen-bond acceptors (Lipinski definition) is 3. The summed E-state index contributed by atoms with van der Waals surface area (Å²) in [4.78, 5) is 13.3. The first kappa shape index (κ1) is 15.1. The van der Waals surface area contributed by atoms with Gasteiger partial charge in [0.25, 0.3) is 5.91 Å². The lowest BCUT2D eigenvalue weighted by molar-refractivity contribution is 0.0928. The number of rotatable bonds is 2. The third-order valence-electron chi connectivity index (χ3n) is 4.37. The van der Waals surface area contributed by atoms with Gasteiger partial charge in [0, 0.05) is 22.1 Å². The Balaban J connectivity index is 1.66. The van der Waals surface area contributed by atoms with Crippen LogP contribution in [0.4, 0.5) is 4.39 Å². The van der Waals surface area contributed by atoms with Crippen LogP contribution in [0.2, 0.25) is 0 Å². The fourth-order valence-corrected chi connectivity index (χ4v) is 4.31. The topological polar surface area (TPSA) is 38.3 Å². The van der Waals surface area contributed by atoms with Gasteiger partial charge in [-0.05, 0) is 30.7 Å². The molecule has 1 amide bonds. The number of halogens is 1. The highest BCUT2D eigenvalue weighted by Crippen LogP contribution is 2.35. The molecule has 0 saturated carbocycles. The molecule has 5 heteroatoms. The molecule has 3 nitrogen and oxygen atoms in total. The predicted molar refractivity (Wildman–Crippen MR) is 93.3 cm³/mol. The van der Waals surface area contributed by atoms with E-state index in [9.17, 15) is 9.18 Å². The number of thiophene rings is 1. The molecule has 122 valence electrons. The van der Waals surface area contributed by atoms with Crippen LogP contribution in [0.1, 0.15) is 33.3 Å². The number of ether oxygens (including phenoxy) is 1. The van der Waals surface area contributed by atoms with E-state index >= 15 is 0 Å². The number of fused-ring (bicyclic) bond motifs is 2. The first-order valence-corrected chi connectivity index (χ1v) is 8.67. The van der Waals surface area contributed by atoms with Gasteiger partial charge in [0.15, 0.2) is 0 Å². The number of carbonyl (C=O) groups excluding carboxylic acids is 1. The molecule has 0 fully saturated rings. The molecule has 2 aromatic carbocycles. The highest BCUT2D eigenvalue weighted by atomic mass is 32.1. The van der Waals surface area contributed by atoms with Gasteiger partial charge in [-0.2, -0.15) is 0 Å². The Morgan fingerprint density at radius 1 is 1.25 bits per heavy atom. The molecular weight excluding hydrogens is 325 g/mol. The van der Waals surface area contributed by atoms with E-state index in [0.717, 1.165) is 22.4 Å². The summed E-state index contributed by atoms with van der Waals surface area (Å²) in [5, 5.41) is 3.62. The van der Waals surface area contributed by atoms with E-state index < -0.39 is 0 Å². The van der Waals surface area contributed by atoms with Gasteiger partial charge in [-0.15, -0.1) is 11.3 Å². The number of aryl methyl sites for hydroxylation is 1. The maximum absolute atomic E-state index is 14.0. The summed E-state index contributed by atoms with van der Waals surface area (Å²) in [6.07, 6.45) is 0.723. The molecule has 1 aromatic heterocycles. The van der Waals surface area contributed by atoms with Crippen molar-refractivity contribution >= 4 is 27.3 Å². The van der Waals surface area contributed by atoms with Gasteiger partial charge in [-0.3, -0.25) is 4.79 Å². The van der Waals surface area contributed by atoms with Crippen molar-refractivity contribution in [2.24, 2.45) is 0 Å². The van der Waals surface area contributed by atoms with Crippen LogP contribution < -0.4 is 10.1 Å². The van der Waals surface area contributed by atoms with Crippen LogP contribution in [-0.2, 0) is 0 Å². The van der Waals surface area contributed by atoms with Crippen LogP contribution in [0.25, 0.3) is 10.1 Å². The van der Waals surface area contributed by atoms with Crippen LogP contribution in [0.3, 0.4) is 0 Å². The molecule has 1 atom stereocenters. The number of nitrogens with one attached hydrogen (secondary N) is 1. The minimum absolute atomic E-state index is 0.0862. The van der Waals surface area contributed by atoms with Crippen molar-refractivity contribution in [2.75, 3.05) is 6.61 Å². The van der Waals surface area contributed by atoms with Crippen LogP contribution in [0.15, 0.2) is 42.5 Å². The van der Waals surface area contributed by atoms with E-state index in [2.05, 4.69) is 5.32 Å². The summed E-state index contributed by atoms with van der Waals surface area (Å²) in [6.45, 7) is 2.37. The lowest BCUT2D eigenvalue weighted by Gasteiger charge is -2.26. The minimum Gasteiger partial charge on any atom is -0.493 e. The molecule has 0 saturated heterocycles. The van der Waals surface area contributed by atoms with Gasteiger partial charge in [-0.1, -0.05) is 24.3 Å². The van der Waals surface area contributed by atoms with Crippen molar-refractivity contribution in [2.45, 2.75) is 19.4 Å². The second-order valence-electron chi connectivity index (χ2n) is 5.87. The average Bonchev–Trinajstić information content (AvgIpc) is 2.93. The van der Waals surface area contributed by atoms with E-state index in [0.29, 0.717) is 22.4 Å². The second-order valence-corrected chi connectivity index (χ2v) is 6.92. The van der Waals surface area contributed by atoms with Crippen LogP contribution in [0, 0.1) is 12.7 Å². The maximum Gasteiger partial charge on any atom is 0.262 e. The number of hydrogen-bond donors (Lipinski definition) is 1. The van der Waals surface area contributed by atoms with Crippen molar-refractivity contribution in [3.63, 3.8) is 0 Å². The predicted octanol–water partition coefficient (Wildman–Crippen LogP) is 4.60. The fraction of sp³-hybridized carbons (Fsp3) is 0.211. The molecule has 1 aliphatic heterocycles. The van der Waals surface area contributed by atoms with Crippen LogP contribution >= 0.6 is 11.3 Å². The summed E-state index contributed by atoms with van der Waals surface area (Å²) < 4.78 is 20.5. The Morgan fingerprint density at radius 2 is 2.08 bits per heavy atom. The van der Waals surface area contributed by atoms with Crippen molar-refractivity contribution in [3.05, 3.63) is 64.3 Å². The highest BCUT2D eigenvalue weighted by molar-refractivity contribution is 7.21. The van der Waals surface area contributed by atoms with Gasteiger partial charge in [0.1, 0.15) is 11.6 Å². The third-order valence-corrected chi connectivity index (χ3v) is 5.63. The molecule has 0 aliphatic carbocycles. The maximum atomic E-state index is 14.0. The smallest absolute Gasteiger partial charge is 0.262 e. The van der Waals surface area contributed by atoms with Crippen molar-refractivity contribution < 1.29 is 13.9 Å². The van der Waals surface area contributed by atoms with E-state index in [-0.39, 0.29) is 17.8 Å². The Labute approximate surface area is 143 Å². The number of para-hydroxylation sites is 1. The lowest BCUT2D eigenvalue weighted by Crippen LogP contribution is -2.32. The molecule has 0 unspecified atom stereocenters. The van der Waals surface area contributed by atoms with E-state index in [1.54, 1.807) is 13.0 Å². The summed E-state index contributed by atoms with van der Waals surface area (Å²) in [6, 6.07) is 12.6. The molecule has 3 aromatic rings. The number of amides is 1.